The number of H-pyrrole nitrogens is 1. The third-order valence-electron chi connectivity index (χ3n) is 2.63. The van der Waals surface area contributed by atoms with Crippen LogP contribution in [0.25, 0.3) is 0 Å². The van der Waals surface area contributed by atoms with Crippen molar-refractivity contribution in [3.63, 3.8) is 0 Å². The zero-order valence-electron chi connectivity index (χ0n) is 10.3. The first-order valence-corrected chi connectivity index (χ1v) is 6.38. The summed E-state index contributed by atoms with van der Waals surface area (Å²) in [6, 6.07) is 9.75. The Bertz CT molecular complexity index is 601. The number of benzene rings is 1. The van der Waals surface area contributed by atoms with E-state index in [1.54, 1.807) is 18.9 Å². The van der Waals surface area contributed by atoms with Gasteiger partial charge in [0.05, 0.1) is 0 Å². The summed E-state index contributed by atoms with van der Waals surface area (Å²) in [6.07, 6.45) is 0. The summed E-state index contributed by atoms with van der Waals surface area (Å²) in [4.78, 5) is 27.9. The van der Waals surface area contributed by atoms with E-state index in [1.165, 1.54) is 0 Å². The van der Waals surface area contributed by atoms with E-state index in [2.05, 4.69) is 4.98 Å². The number of carbonyl (C=O) groups is 1. The molecular weight excluding hydrogens is 248 g/mol. The topological polar surface area (TPSA) is 53.2 Å². The van der Waals surface area contributed by atoms with Crippen LogP contribution >= 0.6 is 11.3 Å². The Labute approximate surface area is 109 Å². The highest BCUT2D eigenvalue weighted by molar-refractivity contribution is 7.11. The second kappa shape index (κ2) is 5.18. The Balaban J connectivity index is 2.15. The third kappa shape index (κ3) is 2.68. The summed E-state index contributed by atoms with van der Waals surface area (Å²) in [6.45, 7) is 2.27. The molecule has 2 rings (SSSR count). The summed E-state index contributed by atoms with van der Waals surface area (Å²) >= 11 is 0.959. The number of nitrogens with one attached hydrogen (secondary N) is 1. The molecule has 0 aliphatic rings. The highest BCUT2D eigenvalue weighted by atomic mass is 32.1. The molecule has 1 aromatic carbocycles. The minimum Gasteiger partial charge on any atom is -0.337 e. The number of hydrogen-bond donors (Lipinski definition) is 1. The second-order valence-corrected chi connectivity index (χ2v) is 5.10. The molecule has 5 heteroatoms. The van der Waals surface area contributed by atoms with Crippen molar-refractivity contribution < 1.29 is 4.79 Å². The first kappa shape index (κ1) is 12.6. The van der Waals surface area contributed by atoms with Gasteiger partial charge in [0.25, 0.3) is 5.91 Å². The van der Waals surface area contributed by atoms with Crippen molar-refractivity contribution >= 4 is 17.2 Å². The molecule has 94 valence electrons. The lowest BCUT2D eigenvalue weighted by atomic mass is 10.2. The predicted molar refractivity (Wildman–Crippen MR) is 71.9 cm³/mol. The molecule has 1 N–H and O–H groups in total. The predicted octanol–water partition coefficient (Wildman–Crippen LogP) is 2.02. The summed E-state index contributed by atoms with van der Waals surface area (Å²) in [5.41, 5.74) is 1.70. The number of aromatic amines is 1. The van der Waals surface area contributed by atoms with Crippen LogP contribution in [0, 0.1) is 6.92 Å². The number of nitrogens with zero attached hydrogens (tertiary/aromatic N) is 1. The van der Waals surface area contributed by atoms with Crippen LogP contribution in [-0.2, 0) is 6.54 Å². The van der Waals surface area contributed by atoms with Crippen molar-refractivity contribution in [3.8, 4) is 0 Å². The minimum atomic E-state index is -0.191. The molecule has 18 heavy (non-hydrogen) atoms. The average molecular weight is 262 g/mol. The first-order valence-electron chi connectivity index (χ1n) is 5.57. The van der Waals surface area contributed by atoms with E-state index >= 15 is 0 Å². The molecule has 0 aliphatic carbocycles. The van der Waals surface area contributed by atoms with E-state index < -0.39 is 0 Å². The number of thiazole rings is 1. The van der Waals surface area contributed by atoms with E-state index in [1.807, 2.05) is 30.3 Å². The lowest BCUT2D eigenvalue weighted by Crippen LogP contribution is -2.26. The van der Waals surface area contributed by atoms with Crippen LogP contribution in [0.3, 0.4) is 0 Å². The number of rotatable bonds is 3. The van der Waals surface area contributed by atoms with Gasteiger partial charge in [0.1, 0.15) is 4.88 Å². The van der Waals surface area contributed by atoms with Crippen LogP contribution < -0.4 is 4.87 Å². The molecule has 1 aromatic heterocycles. The standard InChI is InChI=1S/C13H14N2O2S/c1-9-11(18-13(17)14-9)12(16)15(2)8-10-6-4-3-5-7-10/h3-7H,8H2,1-2H3,(H,14,17). The van der Waals surface area contributed by atoms with Crippen molar-refractivity contribution in [1.82, 2.24) is 9.88 Å². The molecule has 0 bridgehead atoms. The van der Waals surface area contributed by atoms with Crippen LogP contribution in [0.1, 0.15) is 20.9 Å². The van der Waals surface area contributed by atoms with E-state index in [0.29, 0.717) is 17.1 Å². The number of aromatic nitrogens is 1. The normalized spacial score (nSPS) is 10.3. The van der Waals surface area contributed by atoms with Crippen molar-refractivity contribution in [2.75, 3.05) is 7.05 Å². The number of aryl methyl sites for hydroxylation is 1. The van der Waals surface area contributed by atoms with E-state index in [-0.39, 0.29) is 10.8 Å². The Morgan fingerprint density at radius 1 is 1.33 bits per heavy atom. The highest BCUT2D eigenvalue weighted by Crippen LogP contribution is 2.13. The van der Waals surface area contributed by atoms with Crippen molar-refractivity contribution in [3.05, 3.63) is 56.1 Å². The number of carbonyl (C=O) groups excluding carboxylic acids is 1. The quantitative estimate of drug-likeness (QED) is 0.920. The monoisotopic (exact) mass is 262 g/mol. The van der Waals surface area contributed by atoms with Gasteiger partial charge in [0.2, 0.25) is 0 Å². The molecule has 4 nitrogen and oxygen atoms in total. The van der Waals surface area contributed by atoms with E-state index in [0.717, 1.165) is 16.9 Å². The summed E-state index contributed by atoms with van der Waals surface area (Å²) in [5, 5.41) is 0. The van der Waals surface area contributed by atoms with E-state index in [9.17, 15) is 9.59 Å². The largest absolute Gasteiger partial charge is 0.337 e. The first-order chi connectivity index (χ1) is 8.58. The van der Waals surface area contributed by atoms with Gasteiger partial charge in [-0.15, -0.1) is 0 Å². The molecule has 0 fully saturated rings. The highest BCUT2D eigenvalue weighted by Gasteiger charge is 2.17. The van der Waals surface area contributed by atoms with Crippen molar-refractivity contribution in [2.24, 2.45) is 0 Å². The lowest BCUT2D eigenvalue weighted by Gasteiger charge is -2.16. The van der Waals surface area contributed by atoms with Gasteiger partial charge in [-0.2, -0.15) is 0 Å². The zero-order valence-corrected chi connectivity index (χ0v) is 11.1. The van der Waals surface area contributed by atoms with Gasteiger partial charge in [0.15, 0.2) is 0 Å². The summed E-state index contributed by atoms with van der Waals surface area (Å²) in [7, 11) is 1.74. The molecule has 0 spiro atoms. The maximum absolute atomic E-state index is 12.2. The Morgan fingerprint density at radius 3 is 2.56 bits per heavy atom. The van der Waals surface area contributed by atoms with Gasteiger partial charge in [-0.25, -0.2) is 0 Å². The fourth-order valence-electron chi connectivity index (χ4n) is 1.71. The fourth-order valence-corrected chi connectivity index (χ4v) is 2.55. The average Bonchev–Trinajstić information content (AvgIpc) is 2.68. The molecule has 0 unspecified atom stereocenters. The Hall–Kier alpha value is -1.88. The second-order valence-electron chi connectivity index (χ2n) is 4.12. The number of hydrogen-bond acceptors (Lipinski definition) is 3. The molecular formula is C13H14N2O2S. The van der Waals surface area contributed by atoms with Crippen molar-refractivity contribution in [2.45, 2.75) is 13.5 Å². The summed E-state index contributed by atoms with van der Waals surface area (Å²) < 4.78 is 0. The SMILES string of the molecule is Cc1[nH]c(=O)sc1C(=O)N(C)Cc1ccccc1. The van der Waals surface area contributed by atoms with Crippen LogP contribution in [0.5, 0.6) is 0 Å². The molecule has 0 aliphatic heterocycles. The minimum absolute atomic E-state index is 0.125. The third-order valence-corrected chi connectivity index (χ3v) is 3.60. The van der Waals surface area contributed by atoms with Gasteiger partial charge in [0, 0.05) is 19.3 Å². The lowest BCUT2D eigenvalue weighted by molar-refractivity contribution is 0.0789. The van der Waals surface area contributed by atoms with Crippen LogP contribution in [0.4, 0.5) is 0 Å². The Kier molecular flexibility index (Phi) is 3.62. The van der Waals surface area contributed by atoms with E-state index in [4.69, 9.17) is 0 Å². The Morgan fingerprint density at radius 2 is 2.00 bits per heavy atom. The van der Waals surface area contributed by atoms with Gasteiger partial charge in [-0.05, 0) is 12.5 Å². The molecule has 1 heterocycles. The van der Waals surface area contributed by atoms with Crippen LogP contribution in [0.2, 0.25) is 0 Å². The van der Waals surface area contributed by atoms with Crippen LogP contribution in [0.15, 0.2) is 35.1 Å². The van der Waals surface area contributed by atoms with Crippen LogP contribution in [-0.4, -0.2) is 22.8 Å². The number of amides is 1. The fraction of sp³-hybridized carbons (Fsp3) is 0.231. The maximum atomic E-state index is 12.2. The molecule has 0 saturated heterocycles. The molecule has 2 aromatic rings. The molecule has 0 radical (unpaired) electrons. The van der Waals surface area contributed by atoms with Gasteiger partial charge < -0.3 is 9.88 Å². The zero-order chi connectivity index (χ0) is 13.1. The maximum Gasteiger partial charge on any atom is 0.305 e. The molecule has 0 atom stereocenters. The summed E-state index contributed by atoms with van der Waals surface area (Å²) in [5.74, 6) is -0.125. The van der Waals surface area contributed by atoms with Crippen molar-refractivity contribution in [1.29, 1.82) is 0 Å². The molecule has 1 amide bonds. The molecule has 0 saturated carbocycles. The van der Waals surface area contributed by atoms with Gasteiger partial charge in [-0.1, -0.05) is 41.7 Å². The van der Waals surface area contributed by atoms with Gasteiger partial charge in [-0.3, -0.25) is 9.59 Å². The van der Waals surface area contributed by atoms with Gasteiger partial charge >= 0.3 is 4.87 Å². The smallest absolute Gasteiger partial charge is 0.305 e.